The molecule has 21 heavy (non-hydrogen) atoms. The lowest BCUT2D eigenvalue weighted by molar-refractivity contribution is 0.335. The van der Waals surface area contributed by atoms with Gasteiger partial charge in [0.15, 0.2) is 0 Å². The third kappa shape index (κ3) is 3.66. The summed E-state index contributed by atoms with van der Waals surface area (Å²) in [5, 5.41) is 3.22. The summed E-state index contributed by atoms with van der Waals surface area (Å²) >= 11 is 0. The second kappa shape index (κ2) is 7.10. The third-order valence-corrected chi connectivity index (χ3v) is 4.67. The molecule has 4 heteroatoms. The van der Waals surface area contributed by atoms with Gasteiger partial charge in [0.1, 0.15) is 17.5 Å². The van der Waals surface area contributed by atoms with Gasteiger partial charge in [-0.2, -0.15) is 0 Å². The highest BCUT2D eigenvalue weighted by Crippen LogP contribution is 2.31. The molecule has 118 valence electrons. The Labute approximate surface area is 129 Å². The summed E-state index contributed by atoms with van der Waals surface area (Å²) in [7, 11) is 4.14. The number of nitrogens with zero attached hydrogens (tertiary/aromatic N) is 3. The van der Waals surface area contributed by atoms with Gasteiger partial charge >= 0.3 is 0 Å². The molecule has 1 N–H and O–H groups in total. The Hall–Kier alpha value is -1.32. The summed E-state index contributed by atoms with van der Waals surface area (Å²) in [5.41, 5.74) is 1.16. The summed E-state index contributed by atoms with van der Waals surface area (Å²) in [6, 6.07) is 0.613. The molecule has 1 fully saturated rings. The Morgan fingerprint density at radius 1 is 1.29 bits per heavy atom. The smallest absolute Gasteiger partial charge is 0.137 e. The van der Waals surface area contributed by atoms with Crippen LogP contribution in [-0.4, -0.2) is 30.1 Å². The Kier molecular flexibility index (Phi) is 5.43. The van der Waals surface area contributed by atoms with Crippen molar-refractivity contribution in [3.05, 3.63) is 11.4 Å². The second-order valence-electron chi connectivity index (χ2n) is 6.47. The van der Waals surface area contributed by atoms with Gasteiger partial charge in [-0.05, 0) is 32.1 Å². The fourth-order valence-corrected chi connectivity index (χ4v) is 3.40. The molecular weight excluding hydrogens is 260 g/mol. The monoisotopic (exact) mass is 290 g/mol. The van der Waals surface area contributed by atoms with Gasteiger partial charge in [-0.1, -0.05) is 26.7 Å². The zero-order valence-corrected chi connectivity index (χ0v) is 14.2. The molecule has 0 saturated heterocycles. The van der Waals surface area contributed by atoms with Crippen molar-refractivity contribution in [3.63, 3.8) is 0 Å². The van der Waals surface area contributed by atoms with Crippen LogP contribution in [0.1, 0.15) is 57.3 Å². The van der Waals surface area contributed by atoms with Crippen molar-refractivity contribution < 1.29 is 0 Å². The van der Waals surface area contributed by atoms with E-state index in [-0.39, 0.29) is 0 Å². The SMILES string of the molecule is CCCc1nc(NC)c(C)c(N(C)C2CCCC(C)C2)n1. The molecule has 4 nitrogen and oxygen atoms in total. The molecule has 0 amide bonds. The number of rotatable bonds is 5. The topological polar surface area (TPSA) is 41.1 Å². The molecule has 2 unspecified atom stereocenters. The molecule has 0 spiro atoms. The molecule has 0 bridgehead atoms. The summed E-state index contributed by atoms with van der Waals surface area (Å²) in [6.07, 6.45) is 7.28. The van der Waals surface area contributed by atoms with Gasteiger partial charge in [0, 0.05) is 32.1 Å². The number of hydrogen-bond acceptors (Lipinski definition) is 4. The average Bonchev–Trinajstić information content (AvgIpc) is 2.48. The minimum Gasteiger partial charge on any atom is -0.373 e. The Morgan fingerprint density at radius 3 is 2.67 bits per heavy atom. The van der Waals surface area contributed by atoms with Gasteiger partial charge in [0.25, 0.3) is 0 Å². The van der Waals surface area contributed by atoms with Gasteiger partial charge in [-0.25, -0.2) is 9.97 Å². The van der Waals surface area contributed by atoms with Crippen molar-refractivity contribution in [1.29, 1.82) is 0 Å². The molecule has 1 heterocycles. The van der Waals surface area contributed by atoms with E-state index in [1.54, 1.807) is 0 Å². The van der Waals surface area contributed by atoms with Crippen LogP contribution in [0.4, 0.5) is 11.6 Å². The maximum absolute atomic E-state index is 4.85. The number of anilines is 2. The van der Waals surface area contributed by atoms with Crippen LogP contribution in [0.5, 0.6) is 0 Å². The molecule has 1 aliphatic carbocycles. The predicted molar refractivity (Wildman–Crippen MR) is 90.1 cm³/mol. The number of aryl methyl sites for hydroxylation is 1. The molecule has 2 rings (SSSR count). The van der Waals surface area contributed by atoms with Gasteiger partial charge in [0.05, 0.1) is 0 Å². The minimum absolute atomic E-state index is 0.613. The molecule has 1 saturated carbocycles. The first-order valence-corrected chi connectivity index (χ1v) is 8.34. The van der Waals surface area contributed by atoms with E-state index in [9.17, 15) is 0 Å². The van der Waals surface area contributed by atoms with Crippen molar-refractivity contribution in [2.45, 2.75) is 65.3 Å². The second-order valence-corrected chi connectivity index (χ2v) is 6.47. The zero-order chi connectivity index (χ0) is 15.4. The lowest BCUT2D eigenvalue weighted by Crippen LogP contribution is -2.36. The Balaban J connectivity index is 2.29. The van der Waals surface area contributed by atoms with Crippen LogP contribution in [0.3, 0.4) is 0 Å². The van der Waals surface area contributed by atoms with Crippen LogP contribution in [0.25, 0.3) is 0 Å². The maximum atomic E-state index is 4.85. The van der Waals surface area contributed by atoms with E-state index in [0.717, 1.165) is 41.8 Å². The number of nitrogens with one attached hydrogen (secondary N) is 1. The molecule has 0 aromatic carbocycles. The zero-order valence-electron chi connectivity index (χ0n) is 14.2. The van der Waals surface area contributed by atoms with E-state index < -0.39 is 0 Å². The Bertz CT molecular complexity index is 472. The van der Waals surface area contributed by atoms with E-state index in [1.807, 2.05) is 7.05 Å². The van der Waals surface area contributed by atoms with E-state index in [1.165, 1.54) is 25.7 Å². The number of hydrogen-bond donors (Lipinski definition) is 1. The lowest BCUT2D eigenvalue weighted by Gasteiger charge is -2.35. The van der Waals surface area contributed by atoms with E-state index in [0.29, 0.717) is 6.04 Å². The van der Waals surface area contributed by atoms with Crippen LogP contribution in [-0.2, 0) is 6.42 Å². The minimum atomic E-state index is 0.613. The molecule has 1 aromatic rings. The highest BCUT2D eigenvalue weighted by Gasteiger charge is 2.25. The highest BCUT2D eigenvalue weighted by molar-refractivity contribution is 5.58. The molecular formula is C17H30N4. The van der Waals surface area contributed by atoms with Gasteiger partial charge in [-0.3, -0.25) is 0 Å². The molecule has 2 atom stereocenters. The fourth-order valence-electron chi connectivity index (χ4n) is 3.40. The normalized spacial score (nSPS) is 22.1. The first-order valence-electron chi connectivity index (χ1n) is 8.34. The van der Waals surface area contributed by atoms with Crippen LogP contribution in [0.2, 0.25) is 0 Å². The predicted octanol–water partition coefficient (Wildman–Crippen LogP) is 3.79. The highest BCUT2D eigenvalue weighted by atomic mass is 15.2. The first-order chi connectivity index (χ1) is 10.1. The van der Waals surface area contributed by atoms with Crippen LogP contribution >= 0.6 is 0 Å². The quantitative estimate of drug-likeness (QED) is 0.895. The largest absolute Gasteiger partial charge is 0.373 e. The third-order valence-electron chi connectivity index (χ3n) is 4.67. The Morgan fingerprint density at radius 2 is 2.05 bits per heavy atom. The fraction of sp³-hybridized carbons (Fsp3) is 0.765. The van der Waals surface area contributed by atoms with Gasteiger partial charge in [-0.15, -0.1) is 0 Å². The van der Waals surface area contributed by atoms with Crippen LogP contribution in [0.15, 0.2) is 0 Å². The molecule has 0 radical (unpaired) electrons. The lowest BCUT2D eigenvalue weighted by atomic mass is 9.86. The van der Waals surface area contributed by atoms with Crippen molar-refractivity contribution in [2.75, 3.05) is 24.3 Å². The van der Waals surface area contributed by atoms with Crippen molar-refractivity contribution in [2.24, 2.45) is 5.92 Å². The van der Waals surface area contributed by atoms with E-state index in [2.05, 4.69) is 43.0 Å². The van der Waals surface area contributed by atoms with E-state index in [4.69, 9.17) is 4.98 Å². The van der Waals surface area contributed by atoms with Gasteiger partial charge < -0.3 is 10.2 Å². The first kappa shape index (κ1) is 16.1. The number of aromatic nitrogens is 2. The summed E-state index contributed by atoms with van der Waals surface area (Å²) in [5.74, 6) is 3.86. The van der Waals surface area contributed by atoms with Crippen molar-refractivity contribution >= 4 is 11.6 Å². The maximum Gasteiger partial charge on any atom is 0.137 e. The standard InChI is InChI=1S/C17H30N4/c1-6-8-15-19-16(18-4)13(3)17(20-15)21(5)14-10-7-9-12(2)11-14/h12,14H,6-11H2,1-5H3,(H,18,19,20). The summed E-state index contributed by atoms with van der Waals surface area (Å²) < 4.78 is 0. The average molecular weight is 290 g/mol. The summed E-state index contributed by atoms with van der Waals surface area (Å²) in [4.78, 5) is 11.9. The van der Waals surface area contributed by atoms with E-state index >= 15 is 0 Å². The van der Waals surface area contributed by atoms with Crippen molar-refractivity contribution in [1.82, 2.24) is 9.97 Å². The molecule has 1 aliphatic rings. The van der Waals surface area contributed by atoms with Crippen LogP contribution in [0, 0.1) is 12.8 Å². The van der Waals surface area contributed by atoms with Gasteiger partial charge in [0.2, 0.25) is 0 Å². The van der Waals surface area contributed by atoms with Crippen molar-refractivity contribution in [3.8, 4) is 0 Å². The van der Waals surface area contributed by atoms with Crippen LogP contribution < -0.4 is 10.2 Å². The molecule has 0 aliphatic heterocycles. The summed E-state index contributed by atoms with van der Waals surface area (Å²) in [6.45, 7) is 6.67. The molecule has 1 aromatic heterocycles.